The van der Waals surface area contributed by atoms with Crippen molar-refractivity contribution >= 4 is 18.5 Å². The number of fused-ring (bicyclic) bond motifs is 1. The van der Waals surface area contributed by atoms with E-state index in [1.165, 1.54) is 12.8 Å². The van der Waals surface area contributed by atoms with Gasteiger partial charge in [0.05, 0.1) is 24.9 Å². The molecule has 30 heavy (non-hydrogen) atoms. The highest BCUT2D eigenvalue weighted by molar-refractivity contribution is 7.80. The number of amides is 1. The Morgan fingerprint density at radius 3 is 2.97 bits per heavy atom. The Bertz CT molecular complexity index is 880. The molecule has 2 aliphatic heterocycles. The summed E-state index contributed by atoms with van der Waals surface area (Å²) in [6.45, 7) is 3.40. The van der Waals surface area contributed by atoms with Crippen molar-refractivity contribution in [2.45, 2.75) is 37.9 Å². The van der Waals surface area contributed by atoms with Crippen LogP contribution in [-0.4, -0.2) is 58.9 Å². The highest BCUT2D eigenvalue weighted by Crippen LogP contribution is 2.36. The molecule has 0 bridgehead atoms. The monoisotopic (exact) mass is 429 g/mol. The number of nitrogens with zero attached hydrogens (tertiary/aromatic N) is 3. The second kappa shape index (κ2) is 9.41. The third-order valence-electron chi connectivity index (χ3n) is 6.20. The van der Waals surface area contributed by atoms with Crippen LogP contribution in [0.5, 0.6) is 5.75 Å². The van der Waals surface area contributed by atoms with Crippen LogP contribution >= 0.6 is 12.6 Å². The summed E-state index contributed by atoms with van der Waals surface area (Å²) in [6.07, 6.45) is 5.31. The molecule has 2 aliphatic rings. The summed E-state index contributed by atoms with van der Waals surface area (Å²) in [5.74, 6) is 2.56. The molecule has 2 aromatic rings. The smallest absolute Gasteiger partial charge is 0.241 e. The molecular weight excluding hydrogens is 398 g/mol. The molecule has 3 atom stereocenters. The van der Waals surface area contributed by atoms with Gasteiger partial charge in [0.2, 0.25) is 5.91 Å². The Morgan fingerprint density at radius 2 is 2.23 bits per heavy atom. The molecule has 3 heterocycles. The highest BCUT2D eigenvalue weighted by atomic mass is 32.1. The van der Waals surface area contributed by atoms with Gasteiger partial charge >= 0.3 is 0 Å². The highest BCUT2D eigenvalue weighted by Gasteiger charge is 2.36. The first-order chi connectivity index (χ1) is 14.6. The first kappa shape index (κ1) is 21.2. The number of benzene rings is 1. The molecule has 8 heteroatoms. The van der Waals surface area contributed by atoms with Crippen molar-refractivity contribution in [2.75, 3.05) is 32.5 Å². The van der Waals surface area contributed by atoms with Crippen molar-refractivity contribution < 1.29 is 9.53 Å². The first-order valence-electron chi connectivity index (χ1n) is 10.7. The van der Waals surface area contributed by atoms with E-state index in [4.69, 9.17) is 15.5 Å². The zero-order valence-corrected chi connectivity index (χ0v) is 18.4. The molecule has 7 nitrogen and oxygen atoms in total. The molecule has 3 unspecified atom stereocenters. The predicted molar refractivity (Wildman–Crippen MR) is 121 cm³/mol. The standard InChI is InChI=1S/C22H31N5O2S/c1-29-20-7-3-2-6-16(20)18-13-26-9-10-27(22(28)17(23)14-30)19(21(26)25-18)11-15-5-4-8-24-12-15/h2-3,6-7,13,15,17,19,24,30H,4-5,8-12,14,23H2,1H3. The molecule has 4 rings (SSSR count). The predicted octanol–water partition coefficient (Wildman–Crippen LogP) is 2.09. The van der Waals surface area contributed by atoms with Crippen molar-refractivity contribution in [3.8, 4) is 17.0 Å². The fourth-order valence-electron chi connectivity index (χ4n) is 4.60. The van der Waals surface area contributed by atoms with Crippen LogP contribution in [0, 0.1) is 5.92 Å². The van der Waals surface area contributed by atoms with Crippen LogP contribution in [0.15, 0.2) is 30.5 Å². The summed E-state index contributed by atoms with van der Waals surface area (Å²) in [5.41, 5.74) is 7.91. The zero-order valence-electron chi connectivity index (χ0n) is 17.5. The molecule has 1 amide bonds. The third kappa shape index (κ3) is 4.22. The van der Waals surface area contributed by atoms with E-state index in [1.807, 2.05) is 29.2 Å². The van der Waals surface area contributed by atoms with E-state index in [9.17, 15) is 4.79 Å². The van der Waals surface area contributed by atoms with Crippen LogP contribution < -0.4 is 15.8 Å². The summed E-state index contributed by atoms with van der Waals surface area (Å²) < 4.78 is 7.73. The Labute approximate surface area is 183 Å². The van der Waals surface area contributed by atoms with Gasteiger partial charge in [-0.25, -0.2) is 4.98 Å². The number of thiol groups is 1. The molecule has 0 saturated carbocycles. The molecule has 1 aromatic carbocycles. The SMILES string of the molecule is COc1ccccc1-c1cn2c(n1)C(CC1CCCNC1)N(C(=O)C(N)CS)CC2. The maximum atomic E-state index is 13.0. The molecule has 1 fully saturated rings. The maximum absolute atomic E-state index is 13.0. The van der Waals surface area contributed by atoms with Crippen LogP contribution in [0.3, 0.4) is 0 Å². The number of hydrogen-bond acceptors (Lipinski definition) is 6. The number of imidazole rings is 1. The summed E-state index contributed by atoms with van der Waals surface area (Å²) in [4.78, 5) is 20.0. The lowest BCUT2D eigenvalue weighted by Crippen LogP contribution is -2.50. The number of ether oxygens (including phenoxy) is 1. The number of piperidine rings is 1. The molecule has 1 aromatic heterocycles. The van der Waals surface area contributed by atoms with Gasteiger partial charge in [-0.3, -0.25) is 4.79 Å². The van der Waals surface area contributed by atoms with Crippen LogP contribution in [0.1, 0.15) is 31.1 Å². The van der Waals surface area contributed by atoms with Gasteiger partial charge in [-0.05, 0) is 50.4 Å². The normalized spacial score (nSPS) is 22.4. The number of nitrogens with one attached hydrogen (secondary N) is 1. The largest absolute Gasteiger partial charge is 0.496 e. The van der Waals surface area contributed by atoms with E-state index in [0.717, 1.165) is 42.3 Å². The van der Waals surface area contributed by atoms with Crippen molar-refractivity contribution in [3.63, 3.8) is 0 Å². The molecule has 162 valence electrons. The van der Waals surface area contributed by atoms with Gasteiger partial charge in [0.15, 0.2) is 0 Å². The Kier molecular flexibility index (Phi) is 6.65. The minimum atomic E-state index is -0.587. The summed E-state index contributed by atoms with van der Waals surface area (Å²) >= 11 is 4.25. The van der Waals surface area contributed by atoms with E-state index in [-0.39, 0.29) is 11.9 Å². The van der Waals surface area contributed by atoms with E-state index in [0.29, 0.717) is 24.8 Å². The quantitative estimate of drug-likeness (QED) is 0.613. The van der Waals surface area contributed by atoms with Gasteiger partial charge in [-0.2, -0.15) is 12.6 Å². The number of aromatic nitrogens is 2. The fraction of sp³-hybridized carbons (Fsp3) is 0.545. The molecule has 1 saturated heterocycles. The Morgan fingerprint density at radius 1 is 1.40 bits per heavy atom. The number of rotatable bonds is 6. The summed E-state index contributed by atoms with van der Waals surface area (Å²) in [7, 11) is 1.67. The van der Waals surface area contributed by atoms with Gasteiger partial charge in [-0.15, -0.1) is 0 Å². The lowest BCUT2D eigenvalue weighted by molar-refractivity contribution is -0.136. The molecule has 0 spiro atoms. The minimum Gasteiger partial charge on any atom is -0.496 e. The Balaban J connectivity index is 1.69. The number of carbonyl (C=O) groups is 1. The summed E-state index contributed by atoms with van der Waals surface area (Å²) in [5, 5.41) is 3.49. The zero-order chi connectivity index (χ0) is 21.1. The van der Waals surface area contributed by atoms with Crippen LogP contribution in [0.2, 0.25) is 0 Å². The van der Waals surface area contributed by atoms with Crippen LogP contribution in [-0.2, 0) is 11.3 Å². The van der Waals surface area contributed by atoms with Crippen molar-refractivity contribution in [3.05, 3.63) is 36.3 Å². The van der Waals surface area contributed by atoms with Crippen LogP contribution in [0.4, 0.5) is 0 Å². The Hall–Kier alpha value is -2.03. The number of methoxy groups -OCH3 is 1. The van der Waals surface area contributed by atoms with E-state index in [1.54, 1.807) is 7.11 Å². The van der Waals surface area contributed by atoms with E-state index >= 15 is 0 Å². The number of nitrogens with two attached hydrogens (primary N) is 1. The molecule has 0 aliphatic carbocycles. The lowest BCUT2D eigenvalue weighted by Gasteiger charge is -2.39. The van der Waals surface area contributed by atoms with Crippen molar-refractivity contribution in [1.82, 2.24) is 19.8 Å². The number of hydrogen-bond donors (Lipinski definition) is 3. The number of carbonyl (C=O) groups excluding carboxylic acids is 1. The van der Waals surface area contributed by atoms with Gasteiger partial charge in [0.1, 0.15) is 11.6 Å². The van der Waals surface area contributed by atoms with Gasteiger partial charge in [0, 0.05) is 30.6 Å². The fourth-order valence-corrected chi connectivity index (χ4v) is 4.76. The first-order valence-corrected chi connectivity index (χ1v) is 11.3. The van der Waals surface area contributed by atoms with E-state index < -0.39 is 6.04 Å². The molecular formula is C22H31N5O2S. The minimum absolute atomic E-state index is 0.0353. The van der Waals surface area contributed by atoms with Crippen molar-refractivity contribution in [2.24, 2.45) is 11.7 Å². The average Bonchev–Trinajstić information content (AvgIpc) is 3.23. The van der Waals surface area contributed by atoms with Crippen molar-refractivity contribution in [1.29, 1.82) is 0 Å². The van der Waals surface area contributed by atoms with E-state index in [2.05, 4.69) is 28.7 Å². The third-order valence-corrected chi connectivity index (χ3v) is 6.59. The van der Waals surface area contributed by atoms with Gasteiger partial charge in [-0.1, -0.05) is 12.1 Å². The topological polar surface area (TPSA) is 85.4 Å². The van der Waals surface area contributed by atoms with Gasteiger partial charge < -0.3 is 25.3 Å². The van der Waals surface area contributed by atoms with Gasteiger partial charge in [0.25, 0.3) is 0 Å². The molecule has 0 radical (unpaired) electrons. The maximum Gasteiger partial charge on any atom is 0.241 e. The average molecular weight is 430 g/mol. The number of para-hydroxylation sites is 1. The second-order valence-electron chi connectivity index (χ2n) is 8.16. The summed E-state index contributed by atoms with van der Waals surface area (Å²) in [6, 6.07) is 7.24. The molecule has 3 N–H and O–H groups in total. The lowest BCUT2D eigenvalue weighted by atomic mass is 9.90. The van der Waals surface area contributed by atoms with Crippen LogP contribution in [0.25, 0.3) is 11.3 Å². The second-order valence-corrected chi connectivity index (χ2v) is 8.53.